The normalized spacial score (nSPS) is 16.9. The second-order valence-electron chi connectivity index (χ2n) is 8.58. The van der Waals surface area contributed by atoms with Gasteiger partial charge in [-0.2, -0.15) is 0 Å². The van der Waals surface area contributed by atoms with Gasteiger partial charge in [-0.25, -0.2) is 4.79 Å². The third-order valence-corrected chi connectivity index (χ3v) is 6.28. The fourth-order valence-electron chi connectivity index (χ4n) is 4.34. The molecule has 4 rings (SSSR count). The Morgan fingerprint density at radius 1 is 0.941 bits per heavy atom. The minimum Gasteiger partial charge on any atom is -0.490 e. The molecule has 0 radical (unpaired) electrons. The molecule has 2 aliphatic rings. The Morgan fingerprint density at radius 3 is 2.21 bits per heavy atom. The number of fused-ring (bicyclic) bond motifs is 1. The molecule has 180 valence electrons. The quantitative estimate of drug-likeness (QED) is 0.318. The summed E-state index contributed by atoms with van der Waals surface area (Å²) in [7, 11) is 0. The van der Waals surface area contributed by atoms with Gasteiger partial charge in [0.1, 0.15) is 17.6 Å². The molecule has 0 amide bonds. The molecular formula is C24H30N6O4. The summed E-state index contributed by atoms with van der Waals surface area (Å²) in [6.45, 7) is 2.54. The number of nitrogens with zero attached hydrogens (tertiary/aromatic N) is 2. The number of piperidine rings is 1. The van der Waals surface area contributed by atoms with Crippen LogP contribution in [0.25, 0.3) is 0 Å². The molecule has 10 heteroatoms. The number of nitrogens with one attached hydrogen (secondary N) is 2. The lowest BCUT2D eigenvalue weighted by molar-refractivity contribution is -0.145. The van der Waals surface area contributed by atoms with Gasteiger partial charge in [0.05, 0.1) is 0 Å². The van der Waals surface area contributed by atoms with Crippen LogP contribution < -0.4 is 20.9 Å². The first-order valence-electron chi connectivity index (χ1n) is 11.3. The predicted molar refractivity (Wildman–Crippen MR) is 127 cm³/mol. The van der Waals surface area contributed by atoms with Crippen LogP contribution in [0.1, 0.15) is 35.6 Å². The molecule has 2 aromatic rings. The van der Waals surface area contributed by atoms with E-state index in [0.717, 1.165) is 30.4 Å². The highest BCUT2D eigenvalue weighted by atomic mass is 16.5. The number of hydrogen-bond acceptors (Lipinski definition) is 5. The Morgan fingerprint density at radius 2 is 1.59 bits per heavy atom. The molecule has 7 N–H and O–H groups in total. The molecule has 10 nitrogen and oxygen atoms in total. The summed E-state index contributed by atoms with van der Waals surface area (Å²) in [6.07, 6.45) is 1.16. The van der Waals surface area contributed by atoms with Crippen molar-refractivity contribution in [2.75, 3.05) is 19.6 Å². The number of benzene rings is 2. The molecule has 0 saturated carbocycles. The Kier molecular flexibility index (Phi) is 6.76. The molecule has 34 heavy (non-hydrogen) atoms. The van der Waals surface area contributed by atoms with E-state index in [1.54, 1.807) is 35.2 Å². The average Bonchev–Trinajstić information content (AvgIpc) is 2.83. The van der Waals surface area contributed by atoms with Crippen molar-refractivity contribution < 1.29 is 19.4 Å². The van der Waals surface area contributed by atoms with Crippen molar-refractivity contribution in [3.63, 3.8) is 0 Å². The number of carbonyl (C=O) groups is 1. The van der Waals surface area contributed by atoms with Crippen LogP contribution in [0.2, 0.25) is 0 Å². The SMILES string of the molecule is N=C(N)N1CCC(Oc2ccc(C(Oc3ccc4c(c3)CN(C(=N)N)CC4)C(=O)O)cc2)CC1. The molecule has 1 atom stereocenters. The predicted octanol–water partition coefficient (Wildman–Crippen LogP) is 1.88. The summed E-state index contributed by atoms with van der Waals surface area (Å²) in [5.41, 5.74) is 13.8. The molecule has 2 aliphatic heterocycles. The smallest absolute Gasteiger partial charge is 0.349 e. The van der Waals surface area contributed by atoms with Gasteiger partial charge < -0.3 is 35.8 Å². The van der Waals surface area contributed by atoms with Gasteiger partial charge in [-0.15, -0.1) is 0 Å². The summed E-state index contributed by atoms with van der Waals surface area (Å²) < 4.78 is 11.9. The number of nitrogens with two attached hydrogens (primary N) is 2. The van der Waals surface area contributed by atoms with E-state index in [1.807, 2.05) is 17.0 Å². The van der Waals surface area contributed by atoms with Crippen molar-refractivity contribution >= 4 is 17.9 Å². The zero-order valence-electron chi connectivity index (χ0n) is 18.9. The Bertz CT molecular complexity index is 1070. The highest BCUT2D eigenvalue weighted by Gasteiger charge is 2.25. The number of carboxylic acid groups (broad SMARTS) is 1. The Balaban J connectivity index is 1.41. The van der Waals surface area contributed by atoms with Crippen LogP contribution in [-0.2, 0) is 17.8 Å². The number of likely N-dealkylation sites (tertiary alicyclic amines) is 1. The largest absolute Gasteiger partial charge is 0.490 e. The Hall–Kier alpha value is -3.95. The van der Waals surface area contributed by atoms with Crippen LogP contribution in [0.4, 0.5) is 0 Å². The molecule has 0 bridgehead atoms. The zero-order valence-corrected chi connectivity index (χ0v) is 18.9. The Labute approximate surface area is 198 Å². The van der Waals surface area contributed by atoms with Crippen molar-refractivity contribution in [1.29, 1.82) is 10.8 Å². The number of aliphatic carboxylic acids is 1. The lowest BCUT2D eigenvalue weighted by Crippen LogP contribution is -2.44. The molecule has 0 aromatic heterocycles. The van der Waals surface area contributed by atoms with Gasteiger partial charge in [0.25, 0.3) is 0 Å². The van der Waals surface area contributed by atoms with E-state index in [1.165, 1.54) is 0 Å². The summed E-state index contributed by atoms with van der Waals surface area (Å²) >= 11 is 0. The van der Waals surface area contributed by atoms with Crippen LogP contribution in [0, 0.1) is 10.8 Å². The van der Waals surface area contributed by atoms with Crippen LogP contribution in [0.5, 0.6) is 11.5 Å². The highest BCUT2D eigenvalue weighted by Crippen LogP contribution is 2.29. The molecule has 1 unspecified atom stereocenters. The number of hydrogen-bond donors (Lipinski definition) is 5. The van der Waals surface area contributed by atoms with Gasteiger partial charge in [0.2, 0.25) is 6.10 Å². The van der Waals surface area contributed by atoms with E-state index in [4.69, 9.17) is 31.8 Å². The summed E-state index contributed by atoms with van der Waals surface area (Å²) in [5, 5.41) is 25.0. The minimum absolute atomic E-state index is 0.0205. The summed E-state index contributed by atoms with van der Waals surface area (Å²) in [6, 6.07) is 12.5. The van der Waals surface area contributed by atoms with E-state index in [9.17, 15) is 9.90 Å². The third-order valence-electron chi connectivity index (χ3n) is 6.28. The van der Waals surface area contributed by atoms with Crippen LogP contribution >= 0.6 is 0 Å². The number of guanidine groups is 2. The minimum atomic E-state index is -1.17. The van der Waals surface area contributed by atoms with Crippen molar-refractivity contribution in [2.24, 2.45) is 11.5 Å². The van der Waals surface area contributed by atoms with Gasteiger partial charge in [-0.3, -0.25) is 10.8 Å². The highest BCUT2D eigenvalue weighted by molar-refractivity contribution is 5.76. The molecule has 2 heterocycles. The van der Waals surface area contributed by atoms with Gasteiger partial charge >= 0.3 is 5.97 Å². The van der Waals surface area contributed by atoms with E-state index >= 15 is 0 Å². The molecule has 2 aromatic carbocycles. The van der Waals surface area contributed by atoms with E-state index in [-0.39, 0.29) is 18.0 Å². The van der Waals surface area contributed by atoms with Crippen molar-refractivity contribution in [3.05, 3.63) is 59.2 Å². The lowest BCUT2D eigenvalue weighted by atomic mass is 9.99. The number of carboxylic acids is 1. The van der Waals surface area contributed by atoms with Crippen LogP contribution in [0.3, 0.4) is 0 Å². The van der Waals surface area contributed by atoms with E-state index in [2.05, 4.69) is 0 Å². The monoisotopic (exact) mass is 466 g/mol. The molecule has 0 spiro atoms. The lowest BCUT2D eigenvalue weighted by Gasteiger charge is -2.32. The van der Waals surface area contributed by atoms with E-state index < -0.39 is 12.1 Å². The topological polar surface area (TPSA) is 162 Å². The van der Waals surface area contributed by atoms with Crippen LogP contribution in [-0.4, -0.2) is 58.5 Å². The van der Waals surface area contributed by atoms with Crippen LogP contribution in [0.15, 0.2) is 42.5 Å². The first kappa shape index (κ1) is 23.2. The van der Waals surface area contributed by atoms with Gasteiger partial charge in [0, 0.05) is 44.6 Å². The molecule has 1 fully saturated rings. The average molecular weight is 467 g/mol. The number of rotatable bonds is 6. The van der Waals surface area contributed by atoms with Crippen molar-refractivity contribution in [2.45, 2.75) is 38.0 Å². The molecule has 1 saturated heterocycles. The van der Waals surface area contributed by atoms with Gasteiger partial charge in [0.15, 0.2) is 11.9 Å². The first-order chi connectivity index (χ1) is 16.3. The summed E-state index contributed by atoms with van der Waals surface area (Å²) in [5.74, 6) is 0.124. The maximum atomic E-state index is 12.0. The summed E-state index contributed by atoms with van der Waals surface area (Å²) in [4.78, 5) is 15.6. The van der Waals surface area contributed by atoms with E-state index in [0.29, 0.717) is 43.2 Å². The maximum absolute atomic E-state index is 12.0. The van der Waals surface area contributed by atoms with Gasteiger partial charge in [-0.05, 0) is 41.8 Å². The fourth-order valence-corrected chi connectivity index (χ4v) is 4.34. The first-order valence-corrected chi connectivity index (χ1v) is 11.3. The zero-order chi connectivity index (χ0) is 24.2. The molecular weight excluding hydrogens is 436 g/mol. The third kappa shape index (κ3) is 5.33. The van der Waals surface area contributed by atoms with Gasteiger partial charge in [-0.1, -0.05) is 18.2 Å². The standard InChI is InChI=1S/C24H30N6O4/c25-23(26)29-11-8-19(9-12-29)33-18-4-2-16(3-5-18)21(22(31)32)34-20-6-1-15-7-10-30(24(27)28)14-17(15)13-20/h1-6,13,19,21H,7-12,14H2,(H3,25,26)(H3,27,28)(H,31,32). The second kappa shape index (κ2) is 9.90. The van der Waals surface area contributed by atoms with Crippen molar-refractivity contribution in [1.82, 2.24) is 9.80 Å². The fraction of sp³-hybridized carbons (Fsp3) is 0.375. The maximum Gasteiger partial charge on any atom is 0.349 e. The second-order valence-corrected chi connectivity index (χ2v) is 8.58. The number of ether oxygens (including phenoxy) is 2. The molecule has 0 aliphatic carbocycles. The van der Waals surface area contributed by atoms with Crippen molar-refractivity contribution in [3.8, 4) is 11.5 Å².